The molecule has 0 aromatic carbocycles. The average Bonchev–Trinajstić information content (AvgIpc) is 2.93. The first kappa shape index (κ1) is 19.4. The lowest BCUT2D eigenvalue weighted by molar-refractivity contribution is -0.137. The van der Waals surface area contributed by atoms with Crippen molar-refractivity contribution in [2.24, 2.45) is 0 Å². The van der Waals surface area contributed by atoms with Crippen LogP contribution in [0, 0.1) is 0 Å². The second-order valence-corrected chi connectivity index (χ2v) is 6.59. The fourth-order valence-corrected chi connectivity index (χ4v) is 3.22. The van der Waals surface area contributed by atoms with Crippen molar-refractivity contribution in [3.63, 3.8) is 0 Å². The fourth-order valence-electron chi connectivity index (χ4n) is 3.22. The van der Waals surface area contributed by atoms with Crippen LogP contribution in [0.4, 0.5) is 0 Å². The van der Waals surface area contributed by atoms with Crippen LogP contribution in [-0.2, 0) is 4.79 Å². The van der Waals surface area contributed by atoms with Gasteiger partial charge in [-0.2, -0.15) is 0 Å². The number of nitrogens with zero attached hydrogens (tertiary/aromatic N) is 2. The van der Waals surface area contributed by atoms with Gasteiger partial charge in [-0.25, -0.2) is 10.0 Å². The molecule has 1 aliphatic rings. The Morgan fingerprint density at radius 3 is 1.86 bits per heavy atom. The molecule has 130 valence electrons. The zero-order valence-corrected chi connectivity index (χ0v) is 14.6. The Morgan fingerprint density at radius 1 is 0.818 bits per heavy atom. The molecule has 4 heteroatoms. The van der Waals surface area contributed by atoms with Crippen molar-refractivity contribution in [3.05, 3.63) is 0 Å². The number of hydrazine groups is 1. The fraction of sp³-hybridized carbons (Fsp3) is 0.944. The number of carbonyl (C=O) groups is 1. The van der Waals surface area contributed by atoms with Crippen LogP contribution in [0.15, 0.2) is 0 Å². The summed E-state index contributed by atoms with van der Waals surface area (Å²) in [6.07, 6.45) is 14.1. The predicted molar refractivity (Wildman–Crippen MR) is 91.9 cm³/mol. The van der Waals surface area contributed by atoms with Crippen LogP contribution in [0.5, 0.6) is 0 Å². The maximum absolute atomic E-state index is 10.5. The lowest BCUT2D eigenvalue weighted by Gasteiger charge is -2.28. The van der Waals surface area contributed by atoms with Gasteiger partial charge in [0.15, 0.2) is 0 Å². The Balaban J connectivity index is 1.99. The highest BCUT2D eigenvalue weighted by atomic mass is 16.4. The summed E-state index contributed by atoms with van der Waals surface area (Å²) >= 11 is 0. The molecule has 4 nitrogen and oxygen atoms in total. The molecule has 0 aromatic heterocycles. The van der Waals surface area contributed by atoms with E-state index in [-0.39, 0.29) is 0 Å². The summed E-state index contributed by atoms with van der Waals surface area (Å²) in [7, 11) is 0. The highest BCUT2D eigenvalue weighted by molar-refractivity contribution is 5.66. The lowest BCUT2D eigenvalue weighted by atomic mass is 10.1. The van der Waals surface area contributed by atoms with Crippen molar-refractivity contribution < 1.29 is 9.90 Å². The second kappa shape index (κ2) is 12.9. The van der Waals surface area contributed by atoms with Gasteiger partial charge in [0, 0.05) is 32.6 Å². The number of hydrogen-bond acceptors (Lipinski definition) is 3. The van der Waals surface area contributed by atoms with E-state index in [1.165, 1.54) is 71.0 Å². The minimum Gasteiger partial charge on any atom is -0.481 e. The highest BCUT2D eigenvalue weighted by Gasteiger charge is 2.20. The largest absolute Gasteiger partial charge is 0.481 e. The molecule has 1 N–H and O–H groups in total. The zero-order valence-electron chi connectivity index (χ0n) is 14.6. The average molecular weight is 312 g/mol. The molecular formula is C18H36N2O2. The maximum Gasteiger partial charge on any atom is 0.303 e. The summed E-state index contributed by atoms with van der Waals surface area (Å²) in [5, 5.41) is 13.7. The van der Waals surface area contributed by atoms with E-state index in [1.807, 2.05) is 0 Å². The van der Waals surface area contributed by atoms with E-state index in [0.29, 0.717) is 6.42 Å². The summed E-state index contributed by atoms with van der Waals surface area (Å²) in [4.78, 5) is 10.5. The van der Waals surface area contributed by atoms with E-state index in [0.717, 1.165) is 25.8 Å². The maximum atomic E-state index is 10.5. The van der Waals surface area contributed by atoms with E-state index >= 15 is 0 Å². The van der Waals surface area contributed by atoms with Crippen molar-refractivity contribution in [2.75, 3.05) is 26.2 Å². The smallest absolute Gasteiger partial charge is 0.303 e. The van der Waals surface area contributed by atoms with Crippen LogP contribution in [0.3, 0.4) is 0 Å². The molecule has 0 amide bonds. The van der Waals surface area contributed by atoms with Crippen molar-refractivity contribution in [3.8, 4) is 0 Å². The molecule has 0 spiro atoms. The van der Waals surface area contributed by atoms with Gasteiger partial charge in [0.1, 0.15) is 0 Å². The summed E-state index contributed by atoms with van der Waals surface area (Å²) in [6, 6.07) is 0. The van der Waals surface area contributed by atoms with E-state index in [1.54, 1.807) is 0 Å². The van der Waals surface area contributed by atoms with Gasteiger partial charge in [0.25, 0.3) is 0 Å². The van der Waals surface area contributed by atoms with Crippen molar-refractivity contribution in [2.45, 2.75) is 84.0 Å². The summed E-state index contributed by atoms with van der Waals surface area (Å²) < 4.78 is 0. The van der Waals surface area contributed by atoms with Crippen molar-refractivity contribution >= 4 is 5.97 Å². The third-order valence-corrected chi connectivity index (χ3v) is 4.56. The Hall–Kier alpha value is -0.610. The molecule has 0 radical (unpaired) electrons. The zero-order chi connectivity index (χ0) is 16.0. The van der Waals surface area contributed by atoms with Gasteiger partial charge < -0.3 is 5.11 Å². The first-order chi connectivity index (χ1) is 10.7. The van der Waals surface area contributed by atoms with Crippen LogP contribution in [-0.4, -0.2) is 47.3 Å². The standard InChI is InChI=1S/C18H36N2O2/c1-2-3-4-5-7-10-14-19-16-12-17-20(19)15-11-8-6-9-13-18(21)22/h2-17H2,1H3,(H,21,22). The van der Waals surface area contributed by atoms with Crippen LogP contribution in [0.2, 0.25) is 0 Å². The molecule has 0 saturated carbocycles. The van der Waals surface area contributed by atoms with Crippen LogP contribution in [0.25, 0.3) is 0 Å². The van der Waals surface area contributed by atoms with Crippen LogP contribution < -0.4 is 0 Å². The van der Waals surface area contributed by atoms with E-state index in [2.05, 4.69) is 16.9 Å². The molecule has 0 bridgehead atoms. The van der Waals surface area contributed by atoms with Gasteiger partial charge >= 0.3 is 5.97 Å². The Labute approximate surface area is 136 Å². The molecule has 1 rings (SSSR count). The van der Waals surface area contributed by atoms with E-state index < -0.39 is 5.97 Å². The van der Waals surface area contributed by atoms with Crippen molar-refractivity contribution in [1.82, 2.24) is 10.0 Å². The minimum absolute atomic E-state index is 0.327. The van der Waals surface area contributed by atoms with Gasteiger partial charge in [-0.1, -0.05) is 51.9 Å². The topological polar surface area (TPSA) is 43.8 Å². The quantitative estimate of drug-likeness (QED) is 0.486. The SMILES string of the molecule is CCCCCCCCN1CCCN1CCCCCCC(=O)O. The Bertz CT molecular complexity index is 284. The lowest BCUT2D eigenvalue weighted by Crippen LogP contribution is -2.37. The molecule has 0 unspecified atom stereocenters. The number of hydrogen-bond donors (Lipinski definition) is 1. The molecular weight excluding hydrogens is 276 g/mol. The highest BCUT2D eigenvalue weighted by Crippen LogP contribution is 2.14. The number of unbranched alkanes of at least 4 members (excludes halogenated alkanes) is 8. The number of carboxylic acid groups (broad SMARTS) is 1. The van der Waals surface area contributed by atoms with Crippen LogP contribution >= 0.6 is 0 Å². The van der Waals surface area contributed by atoms with Gasteiger partial charge in [0.2, 0.25) is 0 Å². The third kappa shape index (κ3) is 9.42. The molecule has 1 fully saturated rings. The molecule has 1 saturated heterocycles. The van der Waals surface area contributed by atoms with Gasteiger partial charge in [-0.3, -0.25) is 4.79 Å². The predicted octanol–water partition coefficient (Wildman–Crippen LogP) is 4.30. The molecule has 22 heavy (non-hydrogen) atoms. The molecule has 0 aliphatic carbocycles. The van der Waals surface area contributed by atoms with Gasteiger partial charge in [0.05, 0.1) is 0 Å². The monoisotopic (exact) mass is 312 g/mol. The van der Waals surface area contributed by atoms with Crippen molar-refractivity contribution in [1.29, 1.82) is 0 Å². The van der Waals surface area contributed by atoms with Crippen LogP contribution in [0.1, 0.15) is 84.0 Å². The summed E-state index contributed by atoms with van der Waals surface area (Å²) in [5.41, 5.74) is 0. The van der Waals surface area contributed by atoms with E-state index in [9.17, 15) is 4.79 Å². The third-order valence-electron chi connectivity index (χ3n) is 4.56. The summed E-state index contributed by atoms with van der Waals surface area (Å²) in [5.74, 6) is -0.662. The minimum atomic E-state index is -0.662. The molecule has 0 aromatic rings. The Morgan fingerprint density at radius 2 is 1.32 bits per heavy atom. The molecule has 1 aliphatic heterocycles. The molecule has 0 atom stereocenters. The Kier molecular flexibility index (Phi) is 11.4. The normalized spacial score (nSPS) is 16.4. The van der Waals surface area contributed by atoms with E-state index in [4.69, 9.17) is 5.11 Å². The summed E-state index contributed by atoms with van der Waals surface area (Å²) in [6.45, 7) is 7.09. The van der Waals surface area contributed by atoms with Gasteiger partial charge in [-0.15, -0.1) is 0 Å². The first-order valence-electron chi connectivity index (χ1n) is 9.45. The second-order valence-electron chi connectivity index (χ2n) is 6.59. The first-order valence-corrected chi connectivity index (χ1v) is 9.45. The number of carboxylic acids is 1. The number of rotatable bonds is 14. The van der Waals surface area contributed by atoms with Gasteiger partial charge in [-0.05, 0) is 25.7 Å². The molecule has 1 heterocycles. The number of aliphatic carboxylic acids is 1.